The van der Waals surface area contributed by atoms with E-state index in [2.05, 4.69) is 0 Å². The van der Waals surface area contributed by atoms with Gasteiger partial charge in [0.05, 0.1) is 0 Å². The molecule has 1 N–H and O–H groups in total. The van der Waals surface area contributed by atoms with Crippen LogP contribution in [0.1, 0.15) is 0 Å². The first-order valence-electron chi connectivity index (χ1n) is 2.99. The summed E-state index contributed by atoms with van der Waals surface area (Å²) in [6, 6.07) is 3.75. The average Bonchev–Trinajstić information content (AvgIpc) is 1.86. The fourth-order valence-electron chi connectivity index (χ4n) is 0.693. The third-order valence-electron chi connectivity index (χ3n) is 1.27. The van der Waals surface area contributed by atoms with Crippen LogP contribution >= 0.6 is 0 Å². The summed E-state index contributed by atoms with van der Waals surface area (Å²) in [7, 11) is 0. The highest BCUT2D eigenvalue weighted by atomic mass is 19.4. The number of rotatable bonds is 1. The maximum Gasteiger partial charge on any atom is 0.509 e. The van der Waals surface area contributed by atoms with Crippen molar-refractivity contribution >= 4 is 12.4 Å². The molecular weight excluding hydrogens is 156 g/mol. The van der Waals surface area contributed by atoms with Crippen molar-refractivity contribution < 1.29 is 18.1 Å². The number of phenolic OH excluding ortho intramolecular Hbond substituents is 1. The van der Waals surface area contributed by atoms with Crippen molar-refractivity contribution in [2.75, 3.05) is 0 Å². The van der Waals surface area contributed by atoms with Gasteiger partial charge >= 0.3 is 6.98 Å². The van der Waals surface area contributed by atoms with Gasteiger partial charge in [0.15, 0.2) is 0 Å². The van der Waals surface area contributed by atoms with Gasteiger partial charge in [-0.2, -0.15) is 0 Å². The molecule has 0 radical (unpaired) electrons. The summed E-state index contributed by atoms with van der Waals surface area (Å²) in [6.07, 6.45) is 0. The van der Waals surface area contributed by atoms with Crippen LogP contribution in [0.15, 0.2) is 24.3 Å². The lowest BCUT2D eigenvalue weighted by atomic mass is 9.80. The molecule has 0 atom stereocenters. The van der Waals surface area contributed by atoms with Crippen LogP contribution in [0, 0.1) is 0 Å². The smallest absolute Gasteiger partial charge is 0.508 e. The van der Waals surface area contributed by atoms with E-state index in [-0.39, 0.29) is 5.75 Å². The Hall–Kier alpha value is -1.13. The first-order chi connectivity index (χ1) is 5.00. The first-order valence-corrected chi connectivity index (χ1v) is 2.99. The summed E-state index contributed by atoms with van der Waals surface area (Å²) in [4.78, 5) is 0. The second-order valence-corrected chi connectivity index (χ2v) is 2.17. The first kappa shape index (κ1) is 7.98. The molecule has 1 rings (SSSR count). The van der Waals surface area contributed by atoms with E-state index < -0.39 is 12.4 Å². The number of aromatic hydroxyl groups is 1. The molecular formula is C6H5BF3O-. The zero-order valence-corrected chi connectivity index (χ0v) is 5.47. The molecule has 1 aromatic carbocycles. The summed E-state index contributed by atoms with van der Waals surface area (Å²) in [5.74, 6) is -0.159. The van der Waals surface area contributed by atoms with E-state index in [1.807, 2.05) is 0 Å². The normalized spacial score (nSPS) is 11.5. The van der Waals surface area contributed by atoms with E-state index >= 15 is 0 Å². The number of benzene rings is 1. The molecule has 0 bridgehead atoms. The summed E-state index contributed by atoms with van der Waals surface area (Å²) in [5, 5.41) is 8.66. The van der Waals surface area contributed by atoms with Crippen molar-refractivity contribution in [3.8, 4) is 5.75 Å². The number of phenols is 1. The summed E-state index contributed by atoms with van der Waals surface area (Å²) in [6.45, 7) is -4.93. The number of hydrogen-bond donors (Lipinski definition) is 1. The Labute approximate surface area is 61.5 Å². The van der Waals surface area contributed by atoms with Crippen LogP contribution in [0.3, 0.4) is 0 Å². The standard InChI is InChI=1S/C6H5BF3O/c8-7(9,10)5-1-3-6(11)4-2-5/h1-4,11H/q-1. The molecule has 0 aliphatic carbocycles. The van der Waals surface area contributed by atoms with Crippen LogP contribution in [-0.4, -0.2) is 12.1 Å². The Bertz CT molecular complexity index is 241. The Kier molecular flexibility index (Phi) is 1.80. The Morgan fingerprint density at radius 2 is 1.45 bits per heavy atom. The molecule has 0 heterocycles. The van der Waals surface area contributed by atoms with Gasteiger partial charge in [-0.25, -0.2) is 0 Å². The van der Waals surface area contributed by atoms with Crippen molar-refractivity contribution in [2.45, 2.75) is 0 Å². The highest BCUT2D eigenvalue weighted by molar-refractivity contribution is 6.73. The van der Waals surface area contributed by atoms with Gasteiger partial charge in [-0.05, 0) is 12.1 Å². The molecule has 60 valence electrons. The van der Waals surface area contributed by atoms with Crippen molar-refractivity contribution in [3.05, 3.63) is 24.3 Å². The Morgan fingerprint density at radius 1 is 1.00 bits per heavy atom. The van der Waals surface area contributed by atoms with Crippen LogP contribution in [0.4, 0.5) is 12.9 Å². The molecule has 0 saturated heterocycles. The molecule has 0 amide bonds. The lowest BCUT2D eigenvalue weighted by Crippen LogP contribution is -2.33. The van der Waals surface area contributed by atoms with Crippen molar-refractivity contribution in [1.82, 2.24) is 0 Å². The van der Waals surface area contributed by atoms with E-state index in [1.165, 1.54) is 0 Å². The highest BCUT2D eigenvalue weighted by Gasteiger charge is 2.24. The minimum Gasteiger partial charge on any atom is -0.508 e. The molecule has 0 aliphatic rings. The fraction of sp³-hybridized carbons (Fsp3) is 0. The van der Waals surface area contributed by atoms with Crippen LogP contribution in [0.2, 0.25) is 0 Å². The molecule has 0 saturated carbocycles. The minimum atomic E-state index is -4.93. The largest absolute Gasteiger partial charge is 0.509 e. The molecule has 0 fully saturated rings. The van der Waals surface area contributed by atoms with Gasteiger partial charge in [0.1, 0.15) is 5.75 Å². The van der Waals surface area contributed by atoms with Gasteiger partial charge < -0.3 is 18.1 Å². The topological polar surface area (TPSA) is 20.2 Å². The third-order valence-corrected chi connectivity index (χ3v) is 1.27. The van der Waals surface area contributed by atoms with E-state index in [0.717, 1.165) is 24.3 Å². The molecule has 0 aliphatic heterocycles. The van der Waals surface area contributed by atoms with Crippen molar-refractivity contribution in [2.24, 2.45) is 0 Å². The molecule has 1 nitrogen and oxygen atoms in total. The zero-order valence-electron chi connectivity index (χ0n) is 5.47. The van der Waals surface area contributed by atoms with Gasteiger partial charge in [0.25, 0.3) is 0 Å². The van der Waals surface area contributed by atoms with Crippen LogP contribution in [0.25, 0.3) is 0 Å². The quantitative estimate of drug-likeness (QED) is 0.617. The fourth-order valence-corrected chi connectivity index (χ4v) is 0.693. The number of hydrogen-bond acceptors (Lipinski definition) is 1. The molecule has 1 aromatic rings. The van der Waals surface area contributed by atoms with Crippen LogP contribution in [0.5, 0.6) is 5.75 Å². The molecule has 5 heteroatoms. The summed E-state index contributed by atoms with van der Waals surface area (Å²) >= 11 is 0. The minimum absolute atomic E-state index is 0.159. The van der Waals surface area contributed by atoms with Gasteiger partial charge in [-0.3, -0.25) is 0 Å². The molecule has 11 heavy (non-hydrogen) atoms. The predicted octanol–water partition coefficient (Wildman–Crippen LogP) is 1.45. The maximum atomic E-state index is 11.9. The maximum absolute atomic E-state index is 11.9. The van der Waals surface area contributed by atoms with Crippen molar-refractivity contribution in [3.63, 3.8) is 0 Å². The van der Waals surface area contributed by atoms with Gasteiger partial charge in [0, 0.05) is 0 Å². The van der Waals surface area contributed by atoms with E-state index in [0.29, 0.717) is 0 Å². The number of halogens is 3. The lowest BCUT2D eigenvalue weighted by molar-refractivity contribution is 0.475. The summed E-state index contributed by atoms with van der Waals surface area (Å²) in [5.41, 5.74) is -0.692. The van der Waals surface area contributed by atoms with E-state index in [1.54, 1.807) is 0 Å². The zero-order chi connectivity index (χ0) is 8.48. The van der Waals surface area contributed by atoms with Crippen LogP contribution in [-0.2, 0) is 0 Å². The molecule has 0 unspecified atom stereocenters. The SMILES string of the molecule is Oc1ccc([B-](F)(F)F)cc1. The molecule has 0 aromatic heterocycles. The van der Waals surface area contributed by atoms with E-state index in [4.69, 9.17) is 5.11 Å². The van der Waals surface area contributed by atoms with Gasteiger partial charge in [-0.1, -0.05) is 12.1 Å². The predicted molar refractivity (Wildman–Crippen MR) is 36.8 cm³/mol. The monoisotopic (exact) mass is 161 g/mol. The third kappa shape index (κ3) is 1.90. The Balaban J connectivity index is 2.99. The average molecular weight is 161 g/mol. The molecule has 0 spiro atoms. The summed E-state index contributed by atoms with van der Waals surface area (Å²) < 4.78 is 35.7. The second kappa shape index (κ2) is 2.49. The second-order valence-electron chi connectivity index (χ2n) is 2.17. The van der Waals surface area contributed by atoms with Gasteiger partial charge in [0.2, 0.25) is 0 Å². The lowest BCUT2D eigenvalue weighted by Gasteiger charge is -2.13. The van der Waals surface area contributed by atoms with E-state index in [9.17, 15) is 12.9 Å². The van der Waals surface area contributed by atoms with Crippen molar-refractivity contribution in [1.29, 1.82) is 0 Å². The Morgan fingerprint density at radius 3 is 1.82 bits per heavy atom. The van der Waals surface area contributed by atoms with Crippen LogP contribution < -0.4 is 5.46 Å². The van der Waals surface area contributed by atoms with Gasteiger partial charge in [-0.15, -0.1) is 5.46 Å². The highest BCUT2D eigenvalue weighted by Crippen LogP contribution is 2.11.